The Morgan fingerprint density at radius 2 is 1.97 bits per heavy atom. The zero-order valence-electron chi connectivity index (χ0n) is 17.5. The van der Waals surface area contributed by atoms with Gasteiger partial charge >= 0.3 is 0 Å². The molecule has 9 heteroatoms. The first-order chi connectivity index (χ1) is 14.0. The van der Waals surface area contributed by atoms with Crippen LogP contribution in [0.3, 0.4) is 0 Å². The van der Waals surface area contributed by atoms with Crippen LogP contribution in [-0.2, 0) is 16.6 Å². The average molecular weight is 563 g/mol. The Kier molecular flexibility index (Phi) is 10.1. The zero-order chi connectivity index (χ0) is 20.7. The molecule has 6 nitrogen and oxygen atoms in total. The summed E-state index contributed by atoms with van der Waals surface area (Å²) in [5, 5.41) is 10.9. The SMILES string of the molecule is CN=C(NCc1cccc(S(=O)(=O)N2CCCCC2)c1)NCC(C)c1ccsc1.I. The molecular formula is C21H31IN4O2S2. The number of guanidine groups is 1. The highest BCUT2D eigenvalue weighted by Crippen LogP contribution is 2.21. The van der Waals surface area contributed by atoms with E-state index in [2.05, 4.69) is 39.4 Å². The number of benzene rings is 1. The molecule has 2 heterocycles. The molecule has 1 aliphatic heterocycles. The second-order valence-corrected chi connectivity index (χ2v) is 10.1. The highest BCUT2D eigenvalue weighted by atomic mass is 127. The van der Waals surface area contributed by atoms with Crippen molar-refractivity contribution in [1.82, 2.24) is 14.9 Å². The van der Waals surface area contributed by atoms with Crippen molar-refractivity contribution in [1.29, 1.82) is 0 Å². The van der Waals surface area contributed by atoms with E-state index in [1.165, 1.54) is 5.56 Å². The highest BCUT2D eigenvalue weighted by molar-refractivity contribution is 14.0. The highest BCUT2D eigenvalue weighted by Gasteiger charge is 2.25. The van der Waals surface area contributed by atoms with Crippen LogP contribution in [0.5, 0.6) is 0 Å². The Morgan fingerprint density at radius 3 is 2.63 bits per heavy atom. The van der Waals surface area contributed by atoms with Crippen molar-refractivity contribution in [2.24, 2.45) is 4.99 Å². The largest absolute Gasteiger partial charge is 0.356 e. The number of halogens is 1. The summed E-state index contributed by atoms with van der Waals surface area (Å²) in [4.78, 5) is 4.64. The van der Waals surface area contributed by atoms with E-state index in [1.807, 2.05) is 12.1 Å². The fraction of sp³-hybridized carbons (Fsp3) is 0.476. The molecule has 30 heavy (non-hydrogen) atoms. The van der Waals surface area contributed by atoms with E-state index in [4.69, 9.17) is 0 Å². The molecule has 0 spiro atoms. The topological polar surface area (TPSA) is 73.8 Å². The Labute approximate surface area is 201 Å². The number of hydrogen-bond donors (Lipinski definition) is 2. The minimum atomic E-state index is -3.41. The van der Waals surface area contributed by atoms with E-state index in [1.54, 1.807) is 34.8 Å². The maximum absolute atomic E-state index is 12.9. The molecule has 0 aliphatic carbocycles. The van der Waals surface area contributed by atoms with Crippen LogP contribution in [0.1, 0.15) is 43.2 Å². The second-order valence-electron chi connectivity index (χ2n) is 7.38. The minimum absolute atomic E-state index is 0. The lowest BCUT2D eigenvalue weighted by Gasteiger charge is -2.26. The molecule has 2 N–H and O–H groups in total. The normalized spacial score (nSPS) is 16.5. The first-order valence-electron chi connectivity index (χ1n) is 10.1. The van der Waals surface area contributed by atoms with E-state index < -0.39 is 10.0 Å². The van der Waals surface area contributed by atoms with Gasteiger partial charge in [-0.15, -0.1) is 24.0 Å². The number of piperidine rings is 1. The van der Waals surface area contributed by atoms with Crippen LogP contribution >= 0.6 is 35.3 Å². The summed E-state index contributed by atoms with van der Waals surface area (Å²) in [5.41, 5.74) is 2.23. The molecule has 166 valence electrons. The molecule has 1 aliphatic rings. The maximum Gasteiger partial charge on any atom is 0.243 e. The van der Waals surface area contributed by atoms with Crippen LogP contribution in [-0.4, -0.2) is 45.4 Å². The molecule has 1 unspecified atom stereocenters. The van der Waals surface area contributed by atoms with Gasteiger partial charge in [0.15, 0.2) is 5.96 Å². The summed E-state index contributed by atoms with van der Waals surface area (Å²) in [6.07, 6.45) is 2.98. The van der Waals surface area contributed by atoms with Gasteiger partial charge in [0.1, 0.15) is 0 Å². The lowest BCUT2D eigenvalue weighted by molar-refractivity contribution is 0.346. The molecule has 0 bridgehead atoms. The van der Waals surface area contributed by atoms with Crippen LogP contribution in [0.4, 0.5) is 0 Å². The Bertz CT molecular complexity index is 911. The number of thiophene rings is 1. The van der Waals surface area contributed by atoms with Crippen molar-refractivity contribution in [3.8, 4) is 0 Å². The maximum atomic E-state index is 12.9. The number of hydrogen-bond acceptors (Lipinski definition) is 4. The lowest BCUT2D eigenvalue weighted by atomic mass is 10.1. The van der Waals surface area contributed by atoms with Gasteiger partial charge < -0.3 is 10.6 Å². The average Bonchev–Trinajstić information content (AvgIpc) is 3.29. The third-order valence-corrected chi connectivity index (χ3v) is 7.82. The van der Waals surface area contributed by atoms with Crippen LogP contribution < -0.4 is 10.6 Å². The molecule has 1 aromatic carbocycles. The van der Waals surface area contributed by atoms with Gasteiger partial charge in [-0.1, -0.05) is 25.5 Å². The summed E-state index contributed by atoms with van der Waals surface area (Å²) < 4.78 is 27.4. The van der Waals surface area contributed by atoms with Crippen molar-refractivity contribution < 1.29 is 8.42 Å². The van der Waals surface area contributed by atoms with Gasteiger partial charge in [-0.05, 0) is 58.8 Å². The molecule has 3 rings (SSSR count). The predicted molar refractivity (Wildman–Crippen MR) is 135 cm³/mol. The minimum Gasteiger partial charge on any atom is -0.356 e. The molecular weight excluding hydrogens is 531 g/mol. The molecule has 0 saturated carbocycles. The Hall–Kier alpha value is -1.17. The van der Waals surface area contributed by atoms with Crippen LogP contribution in [0.15, 0.2) is 51.0 Å². The summed E-state index contributed by atoms with van der Waals surface area (Å²) in [6, 6.07) is 9.33. The van der Waals surface area contributed by atoms with Crippen molar-refractivity contribution >= 4 is 51.3 Å². The molecule has 2 aromatic rings. The fourth-order valence-electron chi connectivity index (χ4n) is 3.40. The van der Waals surface area contributed by atoms with Gasteiger partial charge in [0.25, 0.3) is 0 Å². The monoisotopic (exact) mass is 562 g/mol. The number of aliphatic imine (C=N–C) groups is 1. The molecule has 1 atom stereocenters. The van der Waals surface area contributed by atoms with Gasteiger partial charge in [-0.25, -0.2) is 8.42 Å². The van der Waals surface area contributed by atoms with Gasteiger partial charge in [0, 0.05) is 33.2 Å². The third kappa shape index (κ3) is 6.66. The fourth-order valence-corrected chi connectivity index (χ4v) is 5.77. The third-order valence-electron chi connectivity index (χ3n) is 5.22. The lowest BCUT2D eigenvalue weighted by Crippen LogP contribution is -2.38. The van der Waals surface area contributed by atoms with Gasteiger partial charge in [0.05, 0.1) is 4.90 Å². The number of nitrogens with zero attached hydrogens (tertiary/aromatic N) is 2. The van der Waals surface area contributed by atoms with Crippen molar-refractivity contribution in [2.45, 2.75) is 43.5 Å². The summed E-state index contributed by atoms with van der Waals surface area (Å²) in [6.45, 7) is 4.69. The van der Waals surface area contributed by atoms with Gasteiger partial charge in [-0.2, -0.15) is 15.6 Å². The van der Waals surface area contributed by atoms with Crippen LogP contribution in [0.2, 0.25) is 0 Å². The molecule has 1 aromatic heterocycles. The smallest absolute Gasteiger partial charge is 0.243 e. The standard InChI is InChI=1S/C21H30N4O2S2.HI/c1-17(19-9-12-28-16-19)14-23-21(22-2)24-15-18-7-6-8-20(13-18)29(26,27)25-10-4-3-5-11-25;/h6-9,12-13,16-17H,3-5,10-11,14-15H2,1-2H3,(H2,22,23,24);1H. The van der Waals surface area contributed by atoms with Crippen molar-refractivity contribution in [2.75, 3.05) is 26.7 Å². The van der Waals surface area contributed by atoms with E-state index in [0.29, 0.717) is 36.4 Å². The predicted octanol–water partition coefficient (Wildman–Crippen LogP) is 4.01. The molecule has 0 radical (unpaired) electrons. The summed E-state index contributed by atoms with van der Waals surface area (Å²) >= 11 is 1.70. The zero-order valence-corrected chi connectivity index (χ0v) is 21.5. The number of nitrogens with one attached hydrogen (secondary N) is 2. The van der Waals surface area contributed by atoms with Crippen LogP contribution in [0, 0.1) is 0 Å². The Morgan fingerprint density at radius 1 is 1.20 bits per heavy atom. The quantitative estimate of drug-likeness (QED) is 0.304. The van der Waals surface area contributed by atoms with E-state index in [-0.39, 0.29) is 24.0 Å². The van der Waals surface area contributed by atoms with E-state index in [9.17, 15) is 8.42 Å². The van der Waals surface area contributed by atoms with Crippen LogP contribution in [0.25, 0.3) is 0 Å². The van der Waals surface area contributed by atoms with Crippen molar-refractivity contribution in [3.63, 3.8) is 0 Å². The number of sulfonamides is 1. The summed E-state index contributed by atoms with van der Waals surface area (Å²) in [7, 11) is -1.68. The first-order valence-corrected chi connectivity index (χ1v) is 12.4. The summed E-state index contributed by atoms with van der Waals surface area (Å²) in [5.74, 6) is 1.09. The second kappa shape index (κ2) is 12.0. The molecule has 1 saturated heterocycles. The molecule has 0 amide bonds. The van der Waals surface area contributed by atoms with Gasteiger partial charge in [0.2, 0.25) is 10.0 Å². The van der Waals surface area contributed by atoms with E-state index >= 15 is 0 Å². The molecule has 1 fully saturated rings. The van der Waals surface area contributed by atoms with Crippen molar-refractivity contribution in [3.05, 3.63) is 52.2 Å². The number of rotatable bonds is 7. The van der Waals surface area contributed by atoms with Gasteiger partial charge in [-0.3, -0.25) is 4.99 Å². The first kappa shape index (κ1) is 25.1. The Balaban J connectivity index is 0.00000320. The van der Waals surface area contributed by atoms with E-state index in [0.717, 1.165) is 31.4 Å².